The van der Waals surface area contributed by atoms with Crippen molar-refractivity contribution in [1.29, 1.82) is 0 Å². The number of benzene rings is 1. The van der Waals surface area contributed by atoms with Gasteiger partial charge in [-0.1, -0.05) is 22.0 Å². The van der Waals surface area contributed by atoms with E-state index >= 15 is 0 Å². The Morgan fingerprint density at radius 1 is 1.55 bits per heavy atom. The zero-order valence-electron chi connectivity index (χ0n) is 6.10. The molecule has 0 aromatic heterocycles. The van der Waals surface area contributed by atoms with Crippen LogP contribution in [-0.2, 0) is 5.33 Å². The summed E-state index contributed by atoms with van der Waals surface area (Å²) in [7, 11) is 0. The highest BCUT2D eigenvalue weighted by Crippen LogP contribution is 2.23. The summed E-state index contributed by atoms with van der Waals surface area (Å²) in [6.07, 6.45) is 2.10. The Hall–Kier alpha value is 0.780. The molecule has 0 bridgehead atoms. The predicted molar refractivity (Wildman–Crippen MR) is 63.6 cm³/mol. The van der Waals surface area contributed by atoms with Gasteiger partial charge in [0.15, 0.2) is 0 Å². The molecular weight excluding hydrogens is 335 g/mol. The average Bonchev–Trinajstić information content (AvgIpc) is 2.04. The molecule has 0 radical (unpaired) electrons. The predicted octanol–water partition coefficient (Wildman–Crippen LogP) is 3.91. The largest absolute Gasteiger partial charge is 0.128 e. The van der Waals surface area contributed by atoms with Crippen LogP contribution in [0.3, 0.4) is 0 Å². The molecule has 1 aromatic carbocycles. The third-order valence-corrected chi connectivity index (χ3v) is 4.07. The lowest BCUT2D eigenvalue weighted by Crippen LogP contribution is -1.81. The number of alkyl halides is 1. The normalized spacial score (nSPS) is 10.1. The zero-order chi connectivity index (χ0) is 8.27. The van der Waals surface area contributed by atoms with E-state index in [1.165, 1.54) is 14.0 Å². The molecule has 0 saturated heterocycles. The highest BCUT2D eigenvalue weighted by molar-refractivity contribution is 14.1. The maximum Gasteiger partial charge on any atom is 0.0283 e. The highest BCUT2D eigenvalue weighted by Gasteiger charge is 1.98. The van der Waals surface area contributed by atoms with Crippen molar-refractivity contribution < 1.29 is 0 Å². The van der Waals surface area contributed by atoms with Crippen molar-refractivity contribution in [2.45, 2.75) is 10.2 Å². The summed E-state index contributed by atoms with van der Waals surface area (Å²) in [5.74, 6) is 0. The molecular formula is C8H8BrIS. The van der Waals surface area contributed by atoms with Gasteiger partial charge in [-0.3, -0.25) is 0 Å². The van der Waals surface area contributed by atoms with E-state index in [9.17, 15) is 0 Å². The third kappa shape index (κ3) is 2.63. The van der Waals surface area contributed by atoms with Crippen LogP contribution in [0.5, 0.6) is 0 Å². The highest BCUT2D eigenvalue weighted by atomic mass is 127. The van der Waals surface area contributed by atoms with Crippen LogP contribution >= 0.6 is 50.3 Å². The molecule has 1 aromatic rings. The number of rotatable bonds is 2. The van der Waals surface area contributed by atoms with Crippen molar-refractivity contribution in [3.8, 4) is 0 Å². The zero-order valence-corrected chi connectivity index (χ0v) is 10.7. The first-order valence-corrected chi connectivity index (χ1v) is 6.59. The van der Waals surface area contributed by atoms with E-state index in [0.717, 1.165) is 5.33 Å². The molecule has 3 heteroatoms. The second kappa shape index (κ2) is 4.72. The summed E-state index contributed by atoms with van der Waals surface area (Å²) < 4.78 is 1.34. The molecule has 0 aliphatic heterocycles. The van der Waals surface area contributed by atoms with Gasteiger partial charge in [-0.15, -0.1) is 11.8 Å². The van der Waals surface area contributed by atoms with Crippen LogP contribution in [0.15, 0.2) is 23.1 Å². The molecule has 0 nitrogen and oxygen atoms in total. The van der Waals surface area contributed by atoms with E-state index < -0.39 is 0 Å². The van der Waals surface area contributed by atoms with Crippen LogP contribution in [0, 0.1) is 3.57 Å². The Morgan fingerprint density at radius 2 is 2.27 bits per heavy atom. The molecule has 0 amide bonds. The van der Waals surface area contributed by atoms with Crippen LogP contribution in [0.2, 0.25) is 0 Å². The first kappa shape index (κ1) is 9.86. The van der Waals surface area contributed by atoms with Gasteiger partial charge in [0.25, 0.3) is 0 Å². The van der Waals surface area contributed by atoms with Crippen LogP contribution in [-0.4, -0.2) is 6.26 Å². The van der Waals surface area contributed by atoms with Gasteiger partial charge in [-0.05, 0) is 46.5 Å². The van der Waals surface area contributed by atoms with E-state index in [4.69, 9.17) is 0 Å². The molecule has 0 saturated carbocycles. The third-order valence-electron chi connectivity index (χ3n) is 1.37. The number of thioether (sulfide) groups is 1. The van der Waals surface area contributed by atoms with Crippen molar-refractivity contribution in [3.63, 3.8) is 0 Å². The minimum Gasteiger partial charge on any atom is -0.128 e. The summed E-state index contributed by atoms with van der Waals surface area (Å²) >= 11 is 7.59. The minimum absolute atomic E-state index is 0.942. The lowest BCUT2D eigenvalue weighted by molar-refractivity contribution is 1.32. The van der Waals surface area contributed by atoms with E-state index in [1.54, 1.807) is 11.8 Å². The van der Waals surface area contributed by atoms with Crippen LogP contribution in [0.4, 0.5) is 0 Å². The Kier molecular flexibility index (Phi) is 4.23. The summed E-state index contributed by atoms with van der Waals surface area (Å²) in [4.78, 5) is 1.36. The van der Waals surface area contributed by atoms with Gasteiger partial charge < -0.3 is 0 Å². The smallest absolute Gasteiger partial charge is 0.0283 e. The molecule has 0 spiro atoms. The van der Waals surface area contributed by atoms with Gasteiger partial charge in [0.1, 0.15) is 0 Å². The summed E-state index contributed by atoms with van der Waals surface area (Å²) in [6, 6.07) is 6.53. The summed E-state index contributed by atoms with van der Waals surface area (Å²) in [5, 5.41) is 0.942. The second-order valence-electron chi connectivity index (χ2n) is 2.10. The molecule has 0 unspecified atom stereocenters. The fourth-order valence-corrected chi connectivity index (χ4v) is 2.84. The number of hydrogen-bond acceptors (Lipinski definition) is 1. The van der Waals surface area contributed by atoms with Gasteiger partial charge in [0, 0.05) is 13.8 Å². The molecule has 1 rings (SSSR count). The van der Waals surface area contributed by atoms with Gasteiger partial charge in [-0.25, -0.2) is 0 Å². The van der Waals surface area contributed by atoms with E-state index in [0.29, 0.717) is 0 Å². The van der Waals surface area contributed by atoms with Crippen molar-refractivity contribution in [2.24, 2.45) is 0 Å². The van der Waals surface area contributed by atoms with E-state index in [1.807, 2.05) is 0 Å². The molecule has 0 heterocycles. The molecule has 60 valence electrons. The lowest BCUT2D eigenvalue weighted by Gasteiger charge is -2.01. The topological polar surface area (TPSA) is 0 Å². The van der Waals surface area contributed by atoms with Crippen molar-refractivity contribution in [2.75, 3.05) is 6.26 Å². The first-order chi connectivity index (χ1) is 5.27. The standard InChI is InChI=1S/C8H8BrIS/c1-11-8-3-2-6(5-9)4-7(8)10/h2-4H,5H2,1H3. The number of hydrogen-bond donors (Lipinski definition) is 0. The molecule has 11 heavy (non-hydrogen) atoms. The summed E-state index contributed by atoms with van der Waals surface area (Å²) in [5.41, 5.74) is 1.34. The molecule has 0 atom stereocenters. The monoisotopic (exact) mass is 342 g/mol. The fourth-order valence-electron chi connectivity index (χ4n) is 0.793. The quantitative estimate of drug-likeness (QED) is 0.446. The summed E-state index contributed by atoms with van der Waals surface area (Å²) in [6.45, 7) is 0. The Labute approximate surface area is 93.4 Å². The second-order valence-corrected chi connectivity index (χ2v) is 4.67. The van der Waals surface area contributed by atoms with E-state index in [2.05, 4.69) is 63.0 Å². The lowest BCUT2D eigenvalue weighted by atomic mass is 10.2. The van der Waals surface area contributed by atoms with Gasteiger partial charge in [-0.2, -0.15) is 0 Å². The van der Waals surface area contributed by atoms with Crippen LogP contribution in [0.25, 0.3) is 0 Å². The van der Waals surface area contributed by atoms with Crippen molar-refractivity contribution in [1.82, 2.24) is 0 Å². The maximum atomic E-state index is 3.43. The maximum absolute atomic E-state index is 3.43. The van der Waals surface area contributed by atoms with E-state index in [-0.39, 0.29) is 0 Å². The SMILES string of the molecule is CSc1ccc(CBr)cc1I. The van der Waals surface area contributed by atoms with Crippen LogP contribution in [0.1, 0.15) is 5.56 Å². The van der Waals surface area contributed by atoms with Crippen molar-refractivity contribution in [3.05, 3.63) is 27.3 Å². The number of halogens is 2. The molecule has 0 aliphatic rings. The first-order valence-electron chi connectivity index (χ1n) is 3.16. The van der Waals surface area contributed by atoms with Crippen LogP contribution < -0.4 is 0 Å². The molecule has 0 aliphatic carbocycles. The Morgan fingerprint density at radius 3 is 2.73 bits per heavy atom. The van der Waals surface area contributed by atoms with Gasteiger partial charge >= 0.3 is 0 Å². The average molecular weight is 343 g/mol. The minimum atomic E-state index is 0.942. The van der Waals surface area contributed by atoms with Gasteiger partial charge in [0.2, 0.25) is 0 Å². The molecule has 0 N–H and O–H groups in total. The molecule has 0 fully saturated rings. The Bertz CT molecular complexity index is 250. The Balaban J connectivity index is 2.99. The fraction of sp³-hybridized carbons (Fsp3) is 0.250. The van der Waals surface area contributed by atoms with Crippen molar-refractivity contribution >= 4 is 50.3 Å². The van der Waals surface area contributed by atoms with Gasteiger partial charge in [0.05, 0.1) is 0 Å².